The second kappa shape index (κ2) is 7.41. The van der Waals surface area contributed by atoms with E-state index in [0.717, 1.165) is 37.8 Å². The Hall–Kier alpha value is -1.39. The summed E-state index contributed by atoms with van der Waals surface area (Å²) in [7, 11) is 1.58. The van der Waals surface area contributed by atoms with Gasteiger partial charge in [0, 0.05) is 26.3 Å². The van der Waals surface area contributed by atoms with Crippen molar-refractivity contribution in [3.05, 3.63) is 35.9 Å². The minimum atomic E-state index is -0.522. The number of carbonyl (C=O) groups is 1. The number of hydrogen-bond donors (Lipinski definition) is 1. The molecule has 2 unspecified atom stereocenters. The predicted octanol–water partition coefficient (Wildman–Crippen LogP) is 2.14. The summed E-state index contributed by atoms with van der Waals surface area (Å²) in [5.74, 6) is 0.0409. The SMILES string of the molecule is COC(C(=O)N1CCCC1CCCO)c1ccccc1. The minimum absolute atomic E-state index is 0.0409. The molecule has 0 aromatic heterocycles. The highest BCUT2D eigenvalue weighted by atomic mass is 16.5. The fraction of sp³-hybridized carbons (Fsp3) is 0.562. The quantitative estimate of drug-likeness (QED) is 0.866. The number of hydrogen-bond acceptors (Lipinski definition) is 3. The fourth-order valence-electron chi connectivity index (χ4n) is 2.91. The molecule has 1 aliphatic rings. The van der Waals surface area contributed by atoms with Crippen LogP contribution in [0.15, 0.2) is 30.3 Å². The van der Waals surface area contributed by atoms with Crippen molar-refractivity contribution in [2.75, 3.05) is 20.3 Å². The number of carbonyl (C=O) groups excluding carboxylic acids is 1. The van der Waals surface area contributed by atoms with Gasteiger partial charge in [-0.3, -0.25) is 4.79 Å². The molecule has 1 aromatic rings. The van der Waals surface area contributed by atoms with Crippen LogP contribution in [0.2, 0.25) is 0 Å². The third-order valence-corrected chi connectivity index (χ3v) is 3.92. The molecule has 0 radical (unpaired) electrons. The number of ether oxygens (including phenoxy) is 1. The number of nitrogens with zero attached hydrogens (tertiary/aromatic N) is 1. The van der Waals surface area contributed by atoms with Crippen LogP contribution in [0.3, 0.4) is 0 Å². The van der Waals surface area contributed by atoms with Gasteiger partial charge in [0.05, 0.1) is 0 Å². The molecule has 0 saturated carbocycles. The summed E-state index contributed by atoms with van der Waals surface area (Å²) in [5.41, 5.74) is 0.896. The zero-order valence-corrected chi connectivity index (χ0v) is 12.0. The summed E-state index contributed by atoms with van der Waals surface area (Å²) in [4.78, 5) is 14.6. The van der Waals surface area contributed by atoms with Crippen molar-refractivity contribution in [1.29, 1.82) is 0 Å². The topological polar surface area (TPSA) is 49.8 Å². The molecule has 110 valence electrons. The molecule has 1 aromatic carbocycles. The Morgan fingerprint density at radius 3 is 2.85 bits per heavy atom. The molecular weight excluding hydrogens is 254 g/mol. The van der Waals surface area contributed by atoms with Crippen molar-refractivity contribution in [2.45, 2.75) is 37.8 Å². The molecule has 1 aliphatic heterocycles. The molecule has 4 nitrogen and oxygen atoms in total. The first-order chi connectivity index (χ1) is 9.77. The second-order valence-electron chi connectivity index (χ2n) is 5.22. The molecule has 1 N–H and O–H groups in total. The number of aliphatic hydroxyl groups excluding tert-OH is 1. The first-order valence-corrected chi connectivity index (χ1v) is 7.27. The first kappa shape index (κ1) is 15.0. The zero-order valence-electron chi connectivity index (χ0n) is 12.0. The van der Waals surface area contributed by atoms with E-state index in [2.05, 4.69) is 0 Å². The number of likely N-dealkylation sites (tertiary alicyclic amines) is 1. The molecule has 1 saturated heterocycles. The van der Waals surface area contributed by atoms with Crippen LogP contribution in [0.4, 0.5) is 0 Å². The van der Waals surface area contributed by atoms with Crippen molar-refractivity contribution >= 4 is 5.91 Å². The maximum atomic E-state index is 12.7. The van der Waals surface area contributed by atoms with Crippen LogP contribution in [0.1, 0.15) is 37.4 Å². The molecule has 1 heterocycles. The smallest absolute Gasteiger partial charge is 0.256 e. The van der Waals surface area contributed by atoms with Gasteiger partial charge in [-0.2, -0.15) is 0 Å². The summed E-state index contributed by atoms with van der Waals surface area (Å²) in [6.45, 7) is 0.979. The highest BCUT2D eigenvalue weighted by molar-refractivity contribution is 5.82. The molecule has 1 fully saturated rings. The van der Waals surface area contributed by atoms with Crippen LogP contribution in [-0.2, 0) is 9.53 Å². The van der Waals surface area contributed by atoms with Gasteiger partial charge >= 0.3 is 0 Å². The van der Waals surface area contributed by atoms with Crippen molar-refractivity contribution in [1.82, 2.24) is 4.90 Å². The fourth-order valence-corrected chi connectivity index (χ4v) is 2.91. The van der Waals surface area contributed by atoms with Gasteiger partial charge in [0.2, 0.25) is 0 Å². The van der Waals surface area contributed by atoms with E-state index in [1.165, 1.54) is 0 Å². The first-order valence-electron chi connectivity index (χ1n) is 7.27. The van der Waals surface area contributed by atoms with Gasteiger partial charge in [-0.05, 0) is 31.2 Å². The molecular formula is C16H23NO3. The standard InChI is InChI=1S/C16H23NO3/c1-20-15(13-7-3-2-4-8-13)16(19)17-11-5-9-14(17)10-6-12-18/h2-4,7-8,14-15,18H,5-6,9-12H2,1H3. The van der Waals surface area contributed by atoms with Crippen LogP contribution in [0, 0.1) is 0 Å². The number of methoxy groups -OCH3 is 1. The summed E-state index contributed by atoms with van der Waals surface area (Å²) >= 11 is 0. The normalized spacial score (nSPS) is 20.1. The highest BCUT2D eigenvalue weighted by Gasteiger charge is 2.33. The lowest BCUT2D eigenvalue weighted by Gasteiger charge is -2.28. The Balaban J connectivity index is 2.08. The Kier molecular flexibility index (Phi) is 5.56. The Bertz CT molecular complexity index is 421. The zero-order chi connectivity index (χ0) is 14.4. The molecule has 0 bridgehead atoms. The predicted molar refractivity (Wildman–Crippen MR) is 77.2 cm³/mol. The summed E-state index contributed by atoms with van der Waals surface area (Å²) in [6, 6.07) is 9.86. The van der Waals surface area contributed by atoms with Gasteiger partial charge in [-0.15, -0.1) is 0 Å². The van der Waals surface area contributed by atoms with E-state index in [-0.39, 0.29) is 18.6 Å². The van der Waals surface area contributed by atoms with E-state index in [9.17, 15) is 4.79 Å². The van der Waals surface area contributed by atoms with Crippen LogP contribution >= 0.6 is 0 Å². The summed E-state index contributed by atoms with van der Waals surface area (Å²) in [5, 5.41) is 8.96. The van der Waals surface area contributed by atoms with Gasteiger partial charge < -0.3 is 14.7 Å². The summed E-state index contributed by atoms with van der Waals surface area (Å²) in [6.07, 6.45) is 3.15. The molecule has 0 aliphatic carbocycles. The maximum absolute atomic E-state index is 12.7. The maximum Gasteiger partial charge on any atom is 0.256 e. The van der Waals surface area contributed by atoms with E-state index in [1.807, 2.05) is 35.2 Å². The van der Waals surface area contributed by atoms with E-state index < -0.39 is 6.10 Å². The average Bonchev–Trinajstić information content (AvgIpc) is 2.95. The van der Waals surface area contributed by atoms with Crippen LogP contribution < -0.4 is 0 Å². The van der Waals surface area contributed by atoms with Crippen molar-refractivity contribution in [3.8, 4) is 0 Å². The van der Waals surface area contributed by atoms with Crippen LogP contribution in [0.25, 0.3) is 0 Å². The largest absolute Gasteiger partial charge is 0.396 e. The van der Waals surface area contributed by atoms with Crippen molar-refractivity contribution < 1.29 is 14.6 Å². The lowest BCUT2D eigenvalue weighted by molar-refractivity contribution is -0.143. The number of benzene rings is 1. The molecule has 0 spiro atoms. The lowest BCUT2D eigenvalue weighted by Crippen LogP contribution is -2.39. The Morgan fingerprint density at radius 2 is 2.20 bits per heavy atom. The molecule has 2 atom stereocenters. The minimum Gasteiger partial charge on any atom is -0.396 e. The van der Waals surface area contributed by atoms with Crippen molar-refractivity contribution in [2.24, 2.45) is 0 Å². The monoisotopic (exact) mass is 277 g/mol. The Morgan fingerprint density at radius 1 is 1.45 bits per heavy atom. The van der Waals surface area contributed by atoms with E-state index in [4.69, 9.17) is 9.84 Å². The van der Waals surface area contributed by atoms with Gasteiger partial charge in [0.1, 0.15) is 0 Å². The highest BCUT2D eigenvalue weighted by Crippen LogP contribution is 2.27. The van der Waals surface area contributed by atoms with E-state index >= 15 is 0 Å². The Labute approximate surface area is 120 Å². The summed E-state index contributed by atoms with van der Waals surface area (Å²) < 4.78 is 5.42. The lowest BCUT2D eigenvalue weighted by atomic mass is 10.1. The van der Waals surface area contributed by atoms with E-state index in [0.29, 0.717) is 0 Å². The number of rotatable bonds is 6. The molecule has 1 amide bonds. The molecule has 20 heavy (non-hydrogen) atoms. The third-order valence-electron chi connectivity index (χ3n) is 3.92. The third kappa shape index (κ3) is 3.38. The van der Waals surface area contributed by atoms with Crippen molar-refractivity contribution in [3.63, 3.8) is 0 Å². The van der Waals surface area contributed by atoms with Gasteiger partial charge in [-0.1, -0.05) is 30.3 Å². The van der Waals surface area contributed by atoms with Gasteiger partial charge in [0.15, 0.2) is 6.10 Å². The van der Waals surface area contributed by atoms with Crippen LogP contribution in [0.5, 0.6) is 0 Å². The molecule has 4 heteroatoms. The molecule has 2 rings (SSSR count). The average molecular weight is 277 g/mol. The number of aliphatic hydroxyl groups is 1. The van der Waals surface area contributed by atoms with Crippen LogP contribution in [-0.4, -0.2) is 42.2 Å². The van der Waals surface area contributed by atoms with Gasteiger partial charge in [0.25, 0.3) is 5.91 Å². The van der Waals surface area contributed by atoms with Gasteiger partial charge in [-0.25, -0.2) is 0 Å². The van der Waals surface area contributed by atoms with E-state index in [1.54, 1.807) is 7.11 Å². The number of amides is 1. The second-order valence-corrected chi connectivity index (χ2v) is 5.22.